The van der Waals surface area contributed by atoms with E-state index in [1.54, 1.807) is 23.5 Å². The van der Waals surface area contributed by atoms with E-state index >= 15 is 0 Å². The molecule has 0 spiro atoms. The van der Waals surface area contributed by atoms with Crippen molar-refractivity contribution in [1.29, 1.82) is 0 Å². The molecular weight excluding hydrogens is 270 g/mol. The molecule has 0 saturated carbocycles. The van der Waals surface area contributed by atoms with Crippen LogP contribution in [0.4, 0.5) is 5.69 Å². The zero-order valence-electron chi connectivity index (χ0n) is 9.64. The van der Waals surface area contributed by atoms with Crippen LogP contribution in [0, 0.1) is 0 Å². The summed E-state index contributed by atoms with van der Waals surface area (Å²) < 4.78 is 0.0427. The van der Waals surface area contributed by atoms with E-state index in [9.17, 15) is 4.79 Å². The molecule has 1 aliphatic heterocycles. The van der Waals surface area contributed by atoms with Crippen molar-refractivity contribution in [3.63, 3.8) is 0 Å². The summed E-state index contributed by atoms with van der Waals surface area (Å²) in [4.78, 5) is 12.1. The number of carbonyl (C=O) groups excluding carboxylic acids is 1. The zero-order chi connectivity index (χ0) is 12.1. The van der Waals surface area contributed by atoms with Gasteiger partial charge < -0.3 is 5.32 Å². The van der Waals surface area contributed by atoms with Crippen molar-refractivity contribution in [3.8, 4) is 0 Å². The van der Waals surface area contributed by atoms with Crippen molar-refractivity contribution < 1.29 is 4.79 Å². The van der Waals surface area contributed by atoms with Crippen molar-refractivity contribution in [3.05, 3.63) is 29.8 Å². The summed E-state index contributed by atoms with van der Waals surface area (Å²) in [6, 6.07) is 8.01. The molecule has 0 atom stereocenters. The highest BCUT2D eigenvalue weighted by Gasteiger charge is 2.23. The highest BCUT2D eigenvalue weighted by Crippen LogP contribution is 2.36. The number of carbonyl (C=O) groups is 1. The van der Waals surface area contributed by atoms with Crippen LogP contribution in [0.5, 0.6) is 0 Å². The van der Waals surface area contributed by atoms with Crippen LogP contribution in [0.3, 0.4) is 0 Å². The first kappa shape index (κ1) is 13.2. The van der Waals surface area contributed by atoms with E-state index in [2.05, 4.69) is 18.3 Å². The molecule has 1 amide bonds. The summed E-state index contributed by atoms with van der Waals surface area (Å²) >= 11 is 5.31. The smallest absolute Gasteiger partial charge is 0.247 e. The molecule has 92 valence electrons. The highest BCUT2D eigenvalue weighted by atomic mass is 32.3. The van der Waals surface area contributed by atoms with E-state index in [4.69, 9.17) is 0 Å². The number of thioether (sulfide) groups is 3. The number of anilines is 1. The Hall–Kier alpha value is -0.260. The van der Waals surface area contributed by atoms with Crippen molar-refractivity contribution in [2.45, 2.75) is 17.9 Å². The van der Waals surface area contributed by atoms with E-state index in [1.165, 1.54) is 5.56 Å². The maximum Gasteiger partial charge on any atom is 0.247 e. The summed E-state index contributed by atoms with van der Waals surface area (Å²) in [5.74, 6) is 0.126. The second-order valence-corrected chi connectivity index (χ2v) is 7.81. The molecule has 0 radical (unpaired) electrons. The van der Waals surface area contributed by atoms with Crippen LogP contribution in [0.15, 0.2) is 24.3 Å². The molecule has 1 fully saturated rings. The number of para-hydroxylation sites is 1. The topological polar surface area (TPSA) is 29.1 Å². The zero-order valence-corrected chi connectivity index (χ0v) is 12.1. The van der Waals surface area contributed by atoms with Gasteiger partial charge in [0.2, 0.25) is 5.91 Å². The third-order valence-electron chi connectivity index (χ3n) is 2.48. The highest BCUT2D eigenvalue weighted by molar-refractivity contribution is 8.33. The lowest BCUT2D eigenvalue weighted by Gasteiger charge is -2.20. The molecule has 2 nitrogen and oxygen atoms in total. The summed E-state index contributed by atoms with van der Waals surface area (Å²) in [5.41, 5.74) is 2.15. The predicted octanol–water partition coefficient (Wildman–Crippen LogP) is 3.64. The second kappa shape index (κ2) is 6.61. The number of hydrogen-bond acceptors (Lipinski definition) is 4. The Morgan fingerprint density at radius 2 is 2.06 bits per heavy atom. The largest absolute Gasteiger partial charge is 0.324 e. The quantitative estimate of drug-likeness (QED) is 0.918. The summed E-state index contributed by atoms with van der Waals surface area (Å²) in [6.45, 7) is 2.10. The van der Waals surface area contributed by atoms with Gasteiger partial charge in [-0.25, -0.2) is 0 Å². The molecular formula is C12H15NOS3. The van der Waals surface area contributed by atoms with Crippen molar-refractivity contribution in [2.24, 2.45) is 0 Å². The molecule has 1 aliphatic rings. The first-order chi connectivity index (χ1) is 8.31. The van der Waals surface area contributed by atoms with Gasteiger partial charge in [0.25, 0.3) is 0 Å². The minimum atomic E-state index is 0.0427. The van der Waals surface area contributed by atoms with Gasteiger partial charge in [-0.1, -0.05) is 25.1 Å². The minimum absolute atomic E-state index is 0.0427. The average Bonchev–Trinajstić information content (AvgIpc) is 2.40. The van der Waals surface area contributed by atoms with Crippen LogP contribution in [-0.2, 0) is 11.2 Å². The number of amides is 1. The number of hydrogen-bond donors (Lipinski definition) is 1. The molecule has 17 heavy (non-hydrogen) atoms. The molecule has 1 aromatic carbocycles. The fourth-order valence-electron chi connectivity index (χ4n) is 1.60. The van der Waals surface area contributed by atoms with Crippen LogP contribution in [0.25, 0.3) is 0 Å². The number of aryl methyl sites for hydroxylation is 1. The Kier molecular flexibility index (Phi) is 5.13. The van der Waals surface area contributed by atoms with Gasteiger partial charge in [0.05, 0.1) is 0 Å². The van der Waals surface area contributed by atoms with E-state index in [0.29, 0.717) is 0 Å². The number of nitrogens with one attached hydrogen (secondary N) is 1. The molecule has 0 aromatic heterocycles. The van der Waals surface area contributed by atoms with Gasteiger partial charge in [0, 0.05) is 15.9 Å². The van der Waals surface area contributed by atoms with Gasteiger partial charge in [-0.3, -0.25) is 4.79 Å². The molecule has 2 rings (SSSR count). The molecule has 1 aromatic rings. The lowest BCUT2D eigenvalue weighted by molar-refractivity contribution is -0.114. The third kappa shape index (κ3) is 3.60. The van der Waals surface area contributed by atoms with Crippen molar-refractivity contribution in [2.75, 3.05) is 15.5 Å². The summed E-state index contributed by atoms with van der Waals surface area (Å²) in [7, 11) is 0. The van der Waals surface area contributed by atoms with Crippen LogP contribution in [0.2, 0.25) is 0 Å². The lowest BCUT2D eigenvalue weighted by Crippen LogP contribution is -2.24. The number of rotatable bonds is 3. The predicted molar refractivity (Wildman–Crippen MR) is 80.7 cm³/mol. The van der Waals surface area contributed by atoms with Crippen LogP contribution >= 0.6 is 35.3 Å². The Morgan fingerprint density at radius 1 is 1.35 bits per heavy atom. The summed E-state index contributed by atoms with van der Waals surface area (Å²) in [5, 5.41) is 5.07. The molecule has 0 aliphatic carbocycles. The Bertz CT molecular complexity index is 391. The average molecular weight is 285 g/mol. The van der Waals surface area contributed by atoms with Crippen LogP contribution in [0.1, 0.15) is 12.5 Å². The maximum absolute atomic E-state index is 12.1. The molecule has 1 saturated heterocycles. The normalized spacial score (nSPS) is 16.8. The minimum Gasteiger partial charge on any atom is -0.324 e. The fraction of sp³-hybridized carbons (Fsp3) is 0.417. The van der Waals surface area contributed by atoms with E-state index < -0.39 is 0 Å². The first-order valence-corrected chi connectivity index (χ1v) is 8.76. The Morgan fingerprint density at radius 3 is 2.76 bits per heavy atom. The second-order valence-electron chi connectivity index (χ2n) is 3.61. The van der Waals surface area contributed by atoms with E-state index in [1.807, 2.05) is 30.0 Å². The standard InChI is InChI=1S/C12H15NOS3/c1-2-9-5-3-4-6-10(9)13-11(14)12-16-7-15-8-17-12/h3-6,12H,2,7-8H2,1H3,(H,13,14). The van der Waals surface area contributed by atoms with Gasteiger partial charge in [0.1, 0.15) is 4.58 Å². The van der Waals surface area contributed by atoms with Crippen molar-refractivity contribution in [1.82, 2.24) is 0 Å². The maximum atomic E-state index is 12.1. The Labute approximate surface area is 115 Å². The molecule has 1 N–H and O–H groups in total. The lowest BCUT2D eigenvalue weighted by atomic mass is 10.1. The van der Waals surface area contributed by atoms with Crippen LogP contribution in [-0.4, -0.2) is 20.7 Å². The van der Waals surface area contributed by atoms with E-state index in [-0.39, 0.29) is 10.5 Å². The molecule has 0 bridgehead atoms. The molecule has 1 heterocycles. The molecule has 0 unspecified atom stereocenters. The third-order valence-corrected chi connectivity index (χ3v) is 6.75. The van der Waals surface area contributed by atoms with Gasteiger partial charge in [-0.15, -0.1) is 35.3 Å². The monoisotopic (exact) mass is 285 g/mol. The van der Waals surface area contributed by atoms with E-state index in [0.717, 1.165) is 22.3 Å². The molecule has 5 heteroatoms. The van der Waals surface area contributed by atoms with Crippen LogP contribution < -0.4 is 5.32 Å². The number of benzene rings is 1. The first-order valence-electron chi connectivity index (χ1n) is 5.51. The fourth-order valence-corrected chi connectivity index (χ4v) is 6.04. The van der Waals surface area contributed by atoms with Gasteiger partial charge >= 0.3 is 0 Å². The van der Waals surface area contributed by atoms with Gasteiger partial charge in [0.15, 0.2) is 0 Å². The Balaban J connectivity index is 2.01. The van der Waals surface area contributed by atoms with Gasteiger partial charge in [-0.05, 0) is 18.1 Å². The van der Waals surface area contributed by atoms with Gasteiger partial charge in [-0.2, -0.15) is 0 Å². The summed E-state index contributed by atoms with van der Waals surface area (Å²) in [6.07, 6.45) is 0.942. The van der Waals surface area contributed by atoms with Crippen molar-refractivity contribution >= 4 is 46.9 Å². The SMILES string of the molecule is CCc1ccccc1NC(=O)C1SCSCS1.